The summed E-state index contributed by atoms with van der Waals surface area (Å²) in [5.41, 5.74) is 3.37. The zero-order valence-electron chi connectivity index (χ0n) is 15.4. The molecule has 0 saturated heterocycles. The van der Waals surface area contributed by atoms with Crippen LogP contribution < -0.4 is 5.32 Å². The van der Waals surface area contributed by atoms with Gasteiger partial charge in [0.25, 0.3) is 0 Å². The van der Waals surface area contributed by atoms with E-state index in [0.717, 1.165) is 35.3 Å². The van der Waals surface area contributed by atoms with Crippen LogP contribution in [-0.4, -0.2) is 17.4 Å². The molecule has 27 heavy (non-hydrogen) atoms. The second-order valence-corrected chi connectivity index (χ2v) is 7.11. The van der Waals surface area contributed by atoms with Crippen molar-refractivity contribution in [3.05, 3.63) is 70.3 Å². The number of carbonyl (C=O) groups excluding carboxylic acids is 1. The van der Waals surface area contributed by atoms with Gasteiger partial charge < -0.3 is 5.32 Å². The van der Waals surface area contributed by atoms with Crippen molar-refractivity contribution in [3.63, 3.8) is 0 Å². The van der Waals surface area contributed by atoms with E-state index in [1.165, 1.54) is 19.1 Å². The molecule has 0 aliphatic carbocycles. The van der Waals surface area contributed by atoms with Crippen LogP contribution in [0.1, 0.15) is 47.7 Å². The minimum atomic E-state index is -4.29. The third-order valence-corrected chi connectivity index (χ3v) is 4.93. The SMILES string of the molecule is CC(=O)NC(C)c1ccc(CN2CCc3cc(C(F)(F)F)ccc3C2)cc1. The Balaban J connectivity index is 1.64. The van der Waals surface area contributed by atoms with Crippen molar-refractivity contribution >= 4 is 5.91 Å². The second-order valence-electron chi connectivity index (χ2n) is 7.11. The average Bonchev–Trinajstić information content (AvgIpc) is 2.60. The zero-order chi connectivity index (χ0) is 19.6. The Bertz CT molecular complexity index is 815. The summed E-state index contributed by atoms with van der Waals surface area (Å²) < 4.78 is 38.5. The molecule has 0 aromatic heterocycles. The Hall–Kier alpha value is -2.34. The molecule has 0 radical (unpaired) electrons. The number of rotatable bonds is 4. The van der Waals surface area contributed by atoms with Gasteiger partial charge in [-0.3, -0.25) is 9.69 Å². The highest BCUT2D eigenvalue weighted by molar-refractivity contribution is 5.73. The summed E-state index contributed by atoms with van der Waals surface area (Å²) in [5.74, 6) is -0.0627. The molecule has 1 aliphatic rings. The number of carbonyl (C=O) groups is 1. The van der Waals surface area contributed by atoms with E-state index in [9.17, 15) is 18.0 Å². The first-order valence-electron chi connectivity index (χ1n) is 8.99. The summed E-state index contributed by atoms with van der Waals surface area (Å²) in [5, 5.41) is 2.86. The minimum Gasteiger partial charge on any atom is -0.350 e. The van der Waals surface area contributed by atoms with Gasteiger partial charge in [0.2, 0.25) is 5.91 Å². The first-order valence-corrected chi connectivity index (χ1v) is 8.99. The highest BCUT2D eigenvalue weighted by atomic mass is 19.4. The lowest BCUT2D eigenvalue weighted by Gasteiger charge is -2.29. The summed E-state index contributed by atoms with van der Waals surface area (Å²) in [7, 11) is 0. The van der Waals surface area contributed by atoms with E-state index >= 15 is 0 Å². The highest BCUT2D eigenvalue weighted by Crippen LogP contribution is 2.32. The fourth-order valence-corrected chi connectivity index (χ4v) is 3.48. The first kappa shape index (κ1) is 19.4. The van der Waals surface area contributed by atoms with Crippen molar-refractivity contribution in [2.45, 2.75) is 45.6 Å². The van der Waals surface area contributed by atoms with Gasteiger partial charge in [0, 0.05) is 26.6 Å². The van der Waals surface area contributed by atoms with Gasteiger partial charge in [0.15, 0.2) is 0 Å². The monoisotopic (exact) mass is 376 g/mol. The molecule has 1 atom stereocenters. The number of halogens is 3. The summed E-state index contributed by atoms with van der Waals surface area (Å²) in [6.45, 7) is 5.56. The Morgan fingerprint density at radius 2 is 1.85 bits per heavy atom. The lowest BCUT2D eigenvalue weighted by atomic mass is 9.96. The lowest BCUT2D eigenvalue weighted by molar-refractivity contribution is -0.137. The van der Waals surface area contributed by atoms with Crippen LogP contribution in [0.5, 0.6) is 0 Å². The molecule has 1 amide bonds. The molecule has 3 nitrogen and oxygen atoms in total. The number of nitrogens with zero attached hydrogens (tertiary/aromatic N) is 1. The molecule has 1 unspecified atom stereocenters. The molecule has 2 aromatic carbocycles. The number of hydrogen-bond acceptors (Lipinski definition) is 2. The van der Waals surface area contributed by atoms with Crippen LogP contribution in [-0.2, 0) is 30.5 Å². The number of hydrogen-bond donors (Lipinski definition) is 1. The van der Waals surface area contributed by atoms with Gasteiger partial charge in [-0.15, -0.1) is 0 Å². The molecule has 1 heterocycles. The zero-order valence-corrected chi connectivity index (χ0v) is 15.4. The van der Waals surface area contributed by atoms with Crippen LogP contribution in [0, 0.1) is 0 Å². The Morgan fingerprint density at radius 1 is 1.15 bits per heavy atom. The third-order valence-electron chi connectivity index (χ3n) is 4.93. The maximum atomic E-state index is 12.8. The normalized spacial score (nSPS) is 15.9. The molecule has 144 valence electrons. The van der Waals surface area contributed by atoms with Gasteiger partial charge in [0.05, 0.1) is 11.6 Å². The Morgan fingerprint density at radius 3 is 2.48 bits per heavy atom. The Labute approximate surface area is 157 Å². The molecule has 2 aromatic rings. The number of amides is 1. The van der Waals surface area contributed by atoms with E-state index < -0.39 is 11.7 Å². The van der Waals surface area contributed by atoms with E-state index in [1.54, 1.807) is 6.07 Å². The number of alkyl halides is 3. The number of benzene rings is 2. The van der Waals surface area contributed by atoms with E-state index in [-0.39, 0.29) is 11.9 Å². The molecule has 0 bridgehead atoms. The van der Waals surface area contributed by atoms with Gasteiger partial charge in [-0.25, -0.2) is 0 Å². The molecule has 0 fully saturated rings. The van der Waals surface area contributed by atoms with Gasteiger partial charge >= 0.3 is 6.18 Å². The molecule has 0 saturated carbocycles. The van der Waals surface area contributed by atoms with E-state index in [1.807, 2.05) is 31.2 Å². The number of fused-ring (bicyclic) bond motifs is 1. The van der Waals surface area contributed by atoms with Gasteiger partial charge in [0.1, 0.15) is 0 Å². The molecular weight excluding hydrogens is 353 g/mol. The van der Waals surface area contributed by atoms with Crippen LogP contribution in [0.25, 0.3) is 0 Å². The molecule has 6 heteroatoms. The van der Waals surface area contributed by atoms with Gasteiger partial charge in [-0.2, -0.15) is 13.2 Å². The molecular formula is C21H23F3N2O. The van der Waals surface area contributed by atoms with Crippen LogP contribution in [0.2, 0.25) is 0 Å². The molecule has 1 aliphatic heterocycles. The van der Waals surface area contributed by atoms with Crippen molar-refractivity contribution in [2.75, 3.05) is 6.54 Å². The highest BCUT2D eigenvalue weighted by Gasteiger charge is 2.31. The standard InChI is InChI=1S/C21H23F3N2O/c1-14(25-15(2)27)17-5-3-16(4-6-17)12-26-10-9-18-11-20(21(22,23)24)8-7-19(18)13-26/h3-8,11,14H,9-10,12-13H2,1-2H3,(H,25,27). The molecule has 1 N–H and O–H groups in total. The van der Waals surface area contributed by atoms with E-state index in [4.69, 9.17) is 0 Å². The van der Waals surface area contributed by atoms with Crippen molar-refractivity contribution < 1.29 is 18.0 Å². The fraction of sp³-hybridized carbons (Fsp3) is 0.381. The van der Waals surface area contributed by atoms with Crippen LogP contribution in [0.3, 0.4) is 0 Å². The summed E-state index contributed by atoms with van der Waals surface area (Å²) in [4.78, 5) is 13.4. The lowest BCUT2D eigenvalue weighted by Crippen LogP contribution is -2.30. The maximum absolute atomic E-state index is 12.8. The summed E-state index contributed by atoms with van der Waals surface area (Å²) >= 11 is 0. The van der Waals surface area contributed by atoms with Crippen molar-refractivity contribution in [2.24, 2.45) is 0 Å². The largest absolute Gasteiger partial charge is 0.416 e. The Kier molecular flexibility index (Phi) is 5.56. The van der Waals surface area contributed by atoms with Crippen molar-refractivity contribution in [1.82, 2.24) is 10.2 Å². The van der Waals surface area contributed by atoms with E-state index in [2.05, 4.69) is 10.2 Å². The summed E-state index contributed by atoms with van der Waals surface area (Å²) in [6.07, 6.45) is -3.67. The van der Waals surface area contributed by atoms with Crippen LogP contribution >= 0.6 is 0 Å². The molecule has 3 rings (SSSR count). The van der Waals surface area contributed by atoms with Gasteiger partial charge in [-0.1, -0.05) is 30.3 Å². The van der Waals surface area contributed by atoms with Crippen LogP contribution in [0.4, 0.5) is 13.2 Å². The quantitative estimate of drug-likeness (QED) is 0.854. The predicted molar refractivity (Wildman–Crippen MR) is 97.9 cm³/mol. The minimum absolute atomic E-state index is 0.0405. The fourth-order valence-electron chi connectivity index (χ4n) is 3.48. The predicted octanol–water partition coefficient (Wildman–Crippen LogP) is 4.46. The smallest absolute Gasteiger partial charge is 0.350 e. The van der Waals surface area contributed by atoms with Crippen LogP contribution in [0.15, 0.2) is 42.5 Å². The average molecular weight is 376 g/mol. The van der Waals surface area contributed by atoms with Gasteiger partial charge in [-0.05, 0) is 47.7 Å². The maximum Gasteiger partial charge on any atom is 0.416 e. The first-order chi connectivity index (χ1) is 12.7. The second kappa shape index (κ2) is 7.72. The number of nitrogens with one attached hydrogen (secondary N) is 1. The third kappa shape index (κ3) is 4.89. The van der Waals surface area contributed by atoms with Crippen molar-refractivity contribution in [3.8, 4) is 0 Å². The topological polar surface area (TPSA) is 32.3 Å². The van der Waals surface area contributed by atoms with E-state index in [0.29, 0.717) is 13.0 Å². The molecule has 0 spiro atoms. The van der Waals surface area contributed by atoms with Crippen molar-refractivity contribution in [1.29, 1.82) is 0 Å². The summed E-state index contributed by atoms with van der Waals surface area (Å²) in [6, 6.07) is 12.1.